The number of β-amino-alcohol motifs (C(OH)–C–C–N with tert-alkyl or cyclic N) is 1. The largest absolute Gasteiger partial charge is 0.395 e. The quantitative estimate of drug-likeness (QED) is 0.423. The van der Waals surface area contributed by atoms with E-state index < -0.39 is 21.8 Å². The Labute approximate surface area is 157 Å². The van der Waals surface area contributed by atoms with Crippen LogP contribution in [0, 0.1) is 0 Å². The van der Waals surface area contributed by atoms with Gasteiger partial charge in [-0.05, 0) is 17.3 Å². The number of aliphatic hydroxyl groups excluding tert-OH is 1. The van der Waals surface area contributed by atoms with Gasteiger partial charge < -0.3 is 10.4 Å². The molecule has 0 saturated carbocycles. The molecule has 27 heavy (non-hydrogen) atoms. The van der Waals surface area contributed by atoms with Crippen molar-refractivity contribution in [1.82, 2.24) is 25.5 Å². The SMILES string of the molecule is NS(=O)(=O)c1cc(-c2nn[nH]n2)c(NC2=CC(=O)N(CCO)C2=O)cc1Cl. The average Bonchev–Trinajstić information content (AvgIpc) is 3.19. The van der Waals surface area contributed by atoms with Crippen LogP contribution in [0.4, 0.5) is 5.69 Å². The third kappa shape index (κ3) is 3.66. The Morgan fingerprint density at radius 1 is 1.33 bits per heavy atom. The first-order valence-corrected chi connectivity index (χ1v) is 9.20. The fourth-order valence-electron chi connectivity index (χ4n) is 2.39. The molecule has 0 aliphatic carbocycles. The van der Waals surface area contributed by atoms with Crippen molar-refractivity contribution in [3.63, 3.8) is 0 Å². The lowest BCUT2D eigenvalue weighted by Crippen LogP contribution is -2.34. The second kappa shape index (κ2) is 7.03. The molecule has 142 valence electrons. The summed E-state index contributed by atoms with van der Waals surface area (Å²) >= 11 is 6.00. The Kier molecular flexibility index (Phi) is 4.93. The van der Waals surface area contributed by atoms with E-state index in [4.69, 9.17) is 21.8 Å². The number of aliphatic hydroxyl groups is 1. The Hall–Kier alpha value is -2.87. The number of imide groups is 1. The van der Waals surface area contributed by atoms with Crippen LogP contribution in [0.1, 0.15) is 0 Å². The molecule has 2 aromatic rings. The Bertz CT molecular complexity index is 1050. The van der Waals surface area contributed by atoms with Gasteiger partial charge in [-0.1, -0.05) is 11.6 Å². The van der Waals surface area contributed by atoms with Gasteiger partial charge in [-0.2, -0.15) is 5.21 Å². The van der Waals surface area contributed by atoms with Crippen LogP contribution in [0.15, 0.2) is 28.8 Å². The number of sulfonamides is 1. The van der Waals surface area contributed by atoms with E-state index in [9.17, 15) is 18.0 Å². The summed E-state index contributed by atoms with van der Waals surface area (Å²) in [5.41, 5.74) is 0.170. The van der Waals surface area contributed by atoms with Gasteiger partial charge in [-0.25, -0.2) is 13.6 Å². The molecule has 1 aromatic heterocycles. The van der Waals surface area contributed by atoms with E-state index in [0.29, 0.717) is 0 Å². The lowest BCUT2D eigenvalue weighted by atomic mass is 10.1. The van der Waals surface area contributed by atoms with Crippen LogP contribution in [0.2, 0.25) is 5.02 Å². The lowest BCUT2D eigenvalue weighted by molar-refractivity contribution is -0.137. The maximum atomic E-state index is 12.3. The number of rotatable bonds is 6. The summed E-state index contributed by atoms with van der Waals surface area (Å²) in [6.07, 6.45) is 1.04. The van der Waals surface area contributed by atoms with Gasteiger partial charge in [0.25, 0.3) is 11.8 Å². The van der Waals surface area contributed by atoms with Crippen molar-refractivity contribution in [2.24, 2.45) is 5.14 Å². The van der Waals surface area contributed by atoms with Crippen molar-refractivity contribution in [2.75, 3.05) is 18.5 Å². The zero-order chi connectivity index (χ0) is 19.8. The zero-order valence-corrected chi connectivity index (χ0v) is 15.0. The summed E-state index contributed by atoms with van der Waals surface area (Å²) in [5.74, 6) is -1.27. The van der Waals surface area contributed by atoms with E-state index in [1.54, 1.807) is 0 Å². The van der Waals surface area contributed by atoms with Gasteiger partial charge >= 0.3 is 0 Å². The molecule has 3 rings (SSSR count). The first-order valence-electron chi connectivity index (χ1n) is 7.28. The second-order valence-corrected chi connectivity index (χ2v) is 7.25. The van der Waals surface area contributed by atoms with Gasteiger partial charge in [-0.15, -0.1) is 10.2 Å². The molecule has 2 amide bonds. The number of halogens is 1. The molecule has 0 bridgehead atoms. The number of amides is 2. The highest BCUT2D eigenvalue weighted by atomic mass is 35.5. The lowest BCUT2D eigenvalue weighted by Gasteiger charge is -2.15. The minimum Gasteiger partial charge on any atom is -0.395 e. The summed E-state index contributed by atoms with van der Waals surface area (Å²) in [6, 6.07) is 2.33. The number of aromatic amines is 1. The number of carbonyl (C=O) groups is 2. The van der Waals surface area contributed by atoms with Crippen molar-refractivity contribution in [1.29, 1.82) is 0 Å². The first kappa shape index (κ1) is 18.9. The van der Waals surface area contributed by atoms with E-state index in [0.717, 1.165) is 17.0 Å². The molecule has 0 atom stereocenters. The molecule has 5 N–H and O–H groups in total. The summed E-state index contributed by atoms with van der Waals surface area (Å²) in [4.78, 5) is 24.6. The molecule has 12 nitrogen and oxygen atoms in total. The van der Waals surface area contributed by atoms with Crippen LogP contribution in [-0.4, -0.2) is 64.0 Å². The monoisotopic (exact) mass is 413 g/mol. The molecular formula is C13H12ClN7O5S. The number of nitrogens with two attached hydrogens (primary N) is 1. The van der Waals surface area contributed by atoms with E-state index in [-0.39, 0.29) is 45.8 Å². The maximum absolute atomic E-state index is 12.3. The molecule has 0 saturated heterocycles. The predicted octanol–water partition coefficient (Wildman–Crippen LogP) is -1.18. The van der Waals surface area contributed by atoms with Crippen LogP contribution in [0.5, 0.6) is 0 Å². The van der Waals surface area contributed by atoms with Gasteiger partial charge in [0.05, 0.1) is 23.9 Å². The summed E-state index contributed by atoms with van der Waals surface area (Å²) < 4.78 is 23.4. The number of carbonyl (C=O) groups excluding carboxylic acids is 2. The minimum absolute atomic E-state index is 0.00338. The highest BCUT2D eigenvalue weighted by Gasteiger charge is 2.31. The second-order valence-electron chi connectivity index (χ2n) is 5.31. The predicted molar refractivity (Wildman–Crippen MR) is 91.5 cm³/mol. The van der Waals surface area contributed by atoms with Crippen LogP contribution in [0.3, 0.4) is 0 Å². The molecule has 1 aromatic carbocycles. The zero-order valence-electron chi connectivity index (χ0n) is 13.4. The number of primary sulfonamides is 1. The number of aromatic nitrogens is 4. The molecule has 0 unspecified atom stereocenters. The standard InChI is InChI=1S/C13H12ClN7O5S/c14-7-4-8(16-9-5-11(23)21(1-2-22)13(9)24)6(12-17-19-20-18-12)3-10(7)27(15,25)26/h3-5,16,22H,1-2H2,(H2,15,25,26)(H,17,18,19,20). The molecule has 0 spiro atoms. The minimum atomic E-state index is -4.14. The molecule has 14 heteroatoms. The topological polar surface area (TPSA) is 184 Å². The molecule has 0 radical (unpaired) electrons. The molecule has 1 aliphatic heterocycles. The highest BCUT2D eigenvalue weighted by molar-refractivity contribution is 7.89. The number of nitrogens with zero attached hydrogens (tertiary/aromatic N) is 4. The first-order chi connectivity index (χ1) is 12.7. The number of hydrogen-bond acceptors (Lipinski definition) is 9. The van der Waals surface area contributed by atoms with Crippen molar-refractivity contribution >= 4 is 39.1 Å². The number of nitrogens with one attached hydrogen (secondary N) is 2. The van der Waals surface area contributed by atoms with E-state index in [1.165, 1.54) is 6.07 Å². The number of hydrogen-bond donors (Lipinski definition) is 4. The fourth-order valence-corrected chi connectivity index (χ4v) is 3.49. The highest BCUT2D eigenvalue weighted by Crippen LogP contribution is 2.34. The summed E-state index contributed by atoms with van der Waals surface area (Å²) in [6.45, 7) is -0.552. The third-order valence-corrected chi connectivity index (χ3v) is 4.94. The van der Waals surface area contributed by atoms with E-state index in [1.807, 2.05) is 0 Å². The number of H-pyrrole nitrogens is 1. The maximum Gasteiger partial charge on any atom is 0.277 e. The van der Waals surface area contributed by atoms with Crippen LogP contribution in [0.25, 0.3) is 11.4 Å². The van der Waals surface area contributed by atoms with Crippen molar-refractivity contribution in [3.05, 3.63) is 28.9 Å². The van der Waals surface area contributed by atoms with Crippen LogP contribution in [-0.2, 0) is 19.6 Å². The molecule has 1 aliphatic rings. The number of benzene rings is 1. The van der Waals surface area contributed by atoms with Crippen molar-refractivity contribution in [2.45, 2.75) is 4.90 Å². The van der Waals surface area contributed by atoms with Gasteiger partial charge in [0.15, 0.2) is 0 Å². The van der Waals surface area contributed by atoms with Crippen molar-refractivity contribution < 1.29 is 23.1 Å². The van der Waals surface area contributed by atoms with Gasteiger partial charge in [0, 0.05) is 11.6 Å². The Morgan fingerprint density at radius 3 is 2.67 bits per heavy atom. The smallest absolute Gasteiger partial charge is 0.277 e. The molecule has 0 fully saturated rings. The fraction of sp³-hybridized carbons (Fsp3) is 0.154. The molecule has 2 heterocycles. The third-order valence-electron chi connectivity index (χ3n) is 3.57. The average molecular weight is 414 g/mol. The normalized spacial score (nSPS) is 14.6. The molecular weight excluding hydrogens is 402 g/mol. The van der Waals surface area contributed by atoms with Gasteiger partial charge in [0.2, 0.25) is 15.8 Å². The number of tetrazole rings is 1. The van der Waals surface area contributed by atoms with E-state index >= 15 is 0 Å². The Morgan fingerprint density at radius 2 is 2.07 bits per heavy atom. The van der Waals surface area contributed by atoms with Gasteiger partial charge in [-0.3, -0.25) is 14.5 Å². The summed E-state index contributed by atoms with van der Waals surface area (Å²) in [5, 5.41) is 29.8. The Balaban J connectivity index is 2.06. The van der Waals surface area contributed by atoms with Crippen LogP contribution < -0.4 is 10.5 Å². The van der Waals surface area contributed by atoms with E-state index in [2.05, 4.69) is 25.9 Å². The van der Waals surface area contributed by atoms with Crippen LogP contribution >= 0.6 is 11.6 Å². The summed E-state index contributed by atoms with van der Waals surface area (Å²) in [7, 11) is -4.14. The van der Waals surface area contributed by atoms with Gasteiger partial charge in [0.1, 0.15) is 10.6 Å². The van der Waals surface area contributed by atoms with Crippen molar-refractivity contribution in [3.8, 4) is 11.4 Å². The number of anilines is 1.